The molecule has 1 amide bonds. The zero-order valence-electron chi connectivity index (χ0n) is 5.92. The van der Waals surface area contributed by atoms with Crippen LogP contribution < -0.4 is 0 Å². The third-order valence-electron chi connectivity index (χ3n) is 1.64. The van der Waals surface area contributed by atoms with Gasteiger partial charge in [-0.15, -0.1) is 11.8 Å². The quantitative estimate of drug-likeness (QED) is 0.505. The van der Waals surface area contributed by atoms with Gasteiger partial charge >= 0.3 is 0 Å². The summed E-state index contributed by atoms with van der Waals surface area (Å²) in [6.45, 7) is 4.00. The summed E-state index contributed by atoms with van der Waals surface area (Å²) in [5.41, 5.74) is 0. The summed E-state index contributed by atoms with van der Waals surface area (Å²) >= 11 is 1.71. The van der Waals surface area contributed by atoms with Crippen molar-refractivity contribution in [1.29, 1.82) is 0 Å². The molecular weight excluding hydrogens is 134 g/mol. The van der Waals surface area contributed by atoms with Crippen molar-refractivity contribution in [1.82, 2.24) is 4.90 Å². The van der Waals surface area contributed by atoms with E-state index in [1.807, 2.05) is 20.9 Å². The molecule has 0 aromatic heterocycles. The van der Waals surface area contributed by atoms with E-state index in [-0.39, 0.29) is 11.2 Å². The first-order valence-electron chi connectivity index (χ1n) is 3.05. The topological polar surface area (TPSA) is 20.3 Å². The molecule has 3 heteroatoms. The maximum Gasteiger partial charge on any atom is 0.236 e. The third kappa shape index (κ3) is 1.06. The predicted molar refractivity (Wildman–Crippen MR) is 39.3 cm³/mol. The molecule has 0 aliphatic carbocycles. The highest BCUT2D eigenvalue weighted by atomic mass is 32.2. The van der Waals surface area contributed by atoms with Crippen molar-refractivity contribution in [3.05, 3.63) is 0 Å². The van der Waals surface area contributed by atoms with Crippen molar-refractivity contribution >= 4 is 17.7 Å². The Morgan fingerprint density at radius 2 is 2.11 bits per heavy atom. The van der Waals surface area contributed by atoms with Gasteiger partial charge in [0.25, 0.3) is 0 Å². The van der Waals surface area contributed by atoms with Gasteiger partial charge in [0, 0.05) is 7.05 Å². The standard InChI is InChI=1S/C6H11NOS/c1-4-6(8)7(3)5(2)9-4/h4-5H,1-3H3. The zero-order valence-corrected chi connectivity index (χ0v) is 6.73. The molecular formula is C6H11NOS. The molecule has 1 rings (SSSR count). The Bertz CT molecular complexity index is 137. The lowest BCUT2D eigenvalue weighted by molar-refractivity contribution is -0.128. The molecule has 9 heavy (non-hydrogen) atoms. The molecule has 1 heterocycles. The van der Waals surface area contributed by atoms with Crippen molar-refractivity contribution in [3.63, 3.8) is 0 Å². The van der Waals surface area contributed by atoms with Gasteiger partial charge in [-0.05, 0) is 13.8 Å². The lowest BCUT2D eigenvalue weighted by atomic mass is 10.4. The highest BCUT2D eigenvalue weighted by Gasteiger charge is 2.31. The molecule has 2 nitrogen and oxygen atoms in total. The number of carbonyl (C=O) groups is 1. The summed E-state index contributed by atoms with van der Waals surface area (Å²) in [5, 5.41) is 0.539. The second kappa shape index (κ2) is 2.21. The number of hydrogen-bond acceptors (Lipinski definition) is 2. The maximum absolute atomic E-state index is 11.0. The van der Waals surface area contributed by atoms with Gasteiger partial charge in [0.1, 0.15) is 0 Å². The van der Waals surface area contributed by atoms with Crippen molar-refractivity contribution < 1.29 is 4.79 Å². The molecule has 0 spiro atoms. The lowest BCUT2D eigenvalue weighted by Crippen LogP contribution is -2.27. The highest BCUT2D eigenvalue weighted by Crippen LogP contribution is 2.28. The fraction of sp³-hybridized carbons (Fsp3) is 0.833. The molecule has 52 valence electrons. The molecule has 0 radical (unpaired) electrons. The number of rotatable bonds is 0. The fourth-order valence-electron chi connectivity index (χ4n) is 0.911. The second-order valence-corrected chi connectivity index (χ2v) is 3.99. The molecule has 0 bridgehead atoms. The van der Waals surface area contributed by atoms with Crippen LogP contribution in [0.25, 0.3) is 0 Å². The molecule has 0 aromatic carbocycles. The van der Waals surface area contributed by atoms with Gasteiger partial charge < -0.3 is 4.90 Å². The molecule has 1 saturated heterocycles. The van der Waals surface area contributed by atoms with Crippen LogP contribution in [0.1, 0.15) is 13.8 Å². The van der Waals surface area contributed by atoms with Crippen LogP contribution in [-0.4, -0.2) is 28.5 Å². The molecule has 1 aliphatic heterocycles. The van der Waals surface area contributed by atoms with Crippen LogP contribution in [0.15, 0.2) is 0 Å². The minimum absolute atomic E-state index is 0.171. The average Bonchev–Trinajstić information content (AvgIpc) is 1.98. The van der Waals surface area contributed by atoms with E-state index in [0.717, 1.165) is 0 Å². The molecule has 2 atom stereocenters. The lowest BCUT2D eigenvalue weighted by Gasteiger charge is -2.12. The maximum atomic E-state index is 11.0. The summed E-state index contributed by atoms with van der Waals surface area (Å²) in [6.07, 6.45) is 0. The molecule has 2 unspecified atom stereocenters. The summed E-state index contributed by atoms with van der Waals surface area (Å²) < 4.78 is 0. The summed E-state index contributed by atoms with van der Waals surface area (Å²) in [5.74, 6) is 0.257. The highest BCUT2D eigenvalue weighted by molar-refractivity contribution is 8.01. The van der Waals surface area contributed by atoms with Crippen LogP contribution in [-0.2, 0) is 4.79 Å². The molecule has 1 aliphatic rings. The Hall–Kier alpha value is -0.180. The first kappa shape index (κ1) is 6.93. The first-order valence-corrected chi connectivity index (χ1v) is 3.99. The third-order valence-corrected chi connectivity index (χ3v) is 2.96. The summed E-state index contributed by atoms with van der Waals surface area (Å²) in [7, 11) is 1.85. The van der Waals surface area contributed by atoms with Crippen molar-refractivity contribution in [2.45, 2.75) is 24.5 Å². The normalized spacial score (nSPS) is 35.9. The largest absolute Gasteiger partial charge is 0.333 e. The zero-order chi connectivity index (χ0) is 7.02. The number of hydrogen-bond donors (Lipinski definition) is 0. The Morgan fingerprint density at radius 1 is 1.56 bits per heavy atom. The average molecular weight is 145 g/mol. The van der Waals surface area contributed by atoms with Gasteiger partial charge in [-0.2, -0.15) is 0 Å². The summed E-state index contributed by atoms with van der Waals surface area (Å²) in [4.78, 5) is 12.8. The number of amides is 1. The smallest absolute Gasteiger partial charge is 0.236 e. The Labute approximate surface area is 59.6 Å². The van der Waals surface area contributed by atoms with Crippen LogP contribution >= 0.6 is 11.8 Å². The van der Waals surface area contributed by atoms with E-state index >= 15 is 0 Å². The monoisotopic (exact) mass is 145 g/mol. The van der Waals surface area contributed by atoms with Crippen LogP contribution in [0.4, 0.5) is 0 Å². The number of nitrogens with zero attached hydrogens (tertiary/aromatic N) is 1. The van der Waals surface area contributed by atoms with Gasteiger partial charge in [0.2, 0.25) is 5.91 Å². The van der Waals surface area contributed by atoms with E-state index in [1.54, 1.807) is 16.7 Å². The summed E-state index contributed by atoms with van der Waals surface area (Å²) in [6, 6.07) is 0. The Kier molecular flexibility index (Phi) is 1.70. The Balaban J connectivity index is 2.65. The van der Waals surface area contributed by atoms with Crippen LogP contribution in [0.5, 0.6) is 0 Å². The number of carbonyl (C=O) groups excluding carboxylic acids is 1. The van der Waals surface area contributed by atoms with Gasteiger partial charge in [-0.3, -0.25) is 4.79 Å². The second-order valence-electron chi connectivity index (χ2n) is 2.33. The van der Waals surface area contributed by atoms with Gasteiger partial charge in [0.15, 0.2) is 0 Å². The SMILES string of the molecule is CC1SC(C)N(C)C1=O. The van der Waals surface area contributed by atoms with Gasteiger partial charge in [0.05, 0.1) is 10.6 Å². The fourth-order valence-corrected chi connectivity index (χ4v) is 2.07. The van der Waals surface area contributed by atoms with Crippen molar-refractivity contribution in [2.75, 3.05) is 7.05 Å². The van der Waals surface area contributed by atoms with E-state index in [2.05, 4.69) is 0 Å². The first-order chi connectivity index (χ1) is 4.13. The Morgan fingerprint density at radius 3 is 2.22 bits per heavy atom. The molecule has 1 fully saturated rings. The van der Waals surface area contributed by atoms with Gasteiger partial charge in [-0.1, -0.05) is 0 Å². The molecule has 0 saturated carbocycles. The van der Waals surface area contributed by atoms with E-state index in [1.165, 1.54) is 0 Å². The minimum atomic E-state index is 0.171. The van der Waals surface area contributed by atoms with E-state index in [4.69, 9.17) is 0 Å². The minimum Gasteiger partial charge on any atom is -0.333 e. The van der Waals surface area contributed by atoms with Crippen LogP contribution in [0, 0.1) is 0 Å². The molecule has 0 aromatic rings. The van der Waals surface area contributed by atoms with Gasteiger partial charge in [-0.25, -0.2) is 0 Å². The van der Waals surface area contributed by atoms with E-state index in [0.29, 0.717) is 5.37 Å². The van der Waals surface area contributed by atoms with Crippen LogP contribution in [0.2, 0.25) is 0 Å². The van der Waals surface area contributed by atoms with Crippen molar-refractivity contribution in [3.8, 4) is 0 Å². The van der Waals surface area contributed by atoms with E-state index < -0.39 is 0 Å². The predicted octanol–water partition coefficient (Wildman–Crippen LogP) is 0.926. The number of thioether (sulfide) groups is 1. The van der Waals surface area contributed by atoms with Crippen molar-refractivity contribution in [2.24, 2.45) is 0 Å². The molecule has 0 N–H and O–H groups in total. The van der Waals surface area contributed by atoms with E-state index in [9.17, 15) is 4.79 Å². The van der Waals surface area contributed by atoms with Crippen LogP contribution in [0.3, 0.4) is 0 Å².